The minimum atomic E-state index is -0.608. The lowest BCUT2D eigenvalue weighted by atomic mass is 10.0. The minimum absolute atomic E-state index is 0.0201. The highest BCUT2D eigenvalue weighted by Gasteiger charge is 2.23. The molecule has 0 unspecified atom stereocenters. The standard InChI is InChI=1S/C11H18N6O2S/c1-15-9(19)6(3-2-4-16-11(13)14)10-17-7(5-20-10)8(12)18/h5-6H,2-4H2,1H3,(H2,12,18)(H,15,19)(H4,13,14,16)/t6-/m0/s1. The summed E-state index contributed by atoms with van der Waals surface area (Å²) in [6, 6.07) is 0. The van der Waals surface area contributed by atoms with Crippen molar-refractivity contribution >= 4 is 29.1 Å². The maximum absolute atomic E-state index is 11.9. The molecule has 0 fully saturated rings. The number of carbonyl (C=O) groups is 2. The van der Waals surface area contributed by atoms with Gasteiger partial charge in [-0.2, -0.15) is 0 Å². The van der Waals surface area contributed by atoms with Gasteiger partial charge in [0.05, 0.1) is 5.92 Å². The summed E-state index contributed by atoms with van der Waals surface area (Å²) in [7, 11) is 1.55. The molecule has 0 aliphatic carbocycles. The molecule has 8 nitrogen and oxygen atoms in total. The van der Waals surface area contributed by atoms with Crippen molar-refractivity contribution in [2.24, 2.45) is 22.2 Å². The van der Waals surface area contributed by atoms with E-state index in [1.54, 1.807) is 12.4 Å². The first-order valence-electron chi connectivity index (χ1n) is 5.98. The summed E-state index contributed by atoms with van der Waals surface area (Å²) in [6.07, 6.45) is 1.16. The second kappa shape index (κ2) is 7.43. The average molecular weight is 298 g/mol. The molecule has 0 aliphatic rings. The molecule has 1 aromatic heterocycles. The van der Waals surface area contributed by atoms with Crippen molar-refractivity contribution in [3.8, 4) is 0 Å². The average Bonchev–Trinajstić information content (AvgIpc) is 2.87. The van der Waals surface area contributed by atoms with Crippen LogP contribution in [0.4, 0.5) is 0 Å². The lowest BCUT2D eigenvalue weighted by Gasteiger charge is -2.11. The number of likely N-dealkylation sites (N-methyl/N-ethyl adjacent to an activating group) is 1. The number of primary amides is 1. The van der Waals surface area contributed by atoms with E-state index in [-0.39, 0.29) is 17.6 Å². The van der Waals surface area contributed by atoms with Gasteiger partial charge in [0.2, 0.25) is 5.91 Å². The molecule has 2 amide bonds. The smallest absolute Gasteiger partial charge is 0.268 e. The molecule has 0 radical (unpaired) electrons. The molecule has 0 saturated carbocycles. The highest BCUT2D eigenvalue weighted by molar-refractivity contribution is 7.10. The third kappa shape index (κ3) is 4.50. The van der Waals surface area contributed by atoms with Crippen molar-refractivity contribution in [2.45, 2.75) is 18.8 Å². The maximum atomic E-state index is 11.9. The van der Waals surface area contributed by atoms with Crippen LogP contribution in [0.1, 0.15) is 34.3 Å². The summed E-state index contributed by atoms with van der Waals surface area (Å²) in [5, 5.41) is 4.68. The van der Waals surface area contributed by atoms with E-state index >= 15 is 0 Å². The van der Waals surface area contributed by atoms with E-state index in [1.165, 1.54) is 11.3 Å². The quantitative estimate of drug-likeness (QED) is 0.293. The number of aromatic nitrogens is 1. The molecule has 1 atom stereocenters. The Bertz CT molecular complexity index is 509. The van der Waals surface area contributed by atoms with E-state index < -0.39 is 11.8 Å². The van der Waals surface area contributed by atoms with Crippen molar-refractivity contribution in [1.82, 2.24) is 10.3 Å². The van der Waals surface area contributed by atoms with Crippen molar-refractivity contribution in [2.75, 3.05) is 13.6 Å². The van der Waals surface area contributed by atoms with Crippen LogP contribution in [0.25, 0.3) is 0 Å². The lowest BCUT2D eigenvalue weighted by Crippen LogP contribution is -2.26. The summed E-state index contributed by atoms with van der Waals surface area (Å²) < 4.78 is 0. The van der Waals surface area contributed by atoms with Crippen molar-refractivity contribution in [3.63, 3.8) is 0 Å². The van der Waals surface area contributed by atoms with Crippen LogP contribution < -0.4 is 22.5 Å². The van der Waals surface area contributed by atoms with Gasteiger partial charge in [-0.05, 0) is 12.8 Å². The molecule has 0 aromatic carbocycles. The Balaban J connectivity index is 2.75. The van der Waals surface area contributed by atoms with Crippen molar-refractivity contribution < 1.29 is 9.59 Å². The zero-order valence-electron chi connectivity index (χ0n) is 11.1. The number of rotatable bonds is 7. The number of nitrogens with one attached hydrogen (secondary N) is 1. The van der Waals surface area contributed by atoms with Gasteiger partial charge in [0.15, 0.2) is 5.96 Å². The van der Waals surface area contributed by atoms with Gasteiger partial charge >= 0.3 is 0 Å². The fourth-order valence-corrected chi connectivity index (χ4v) is 2.55. The molecule has 9 heteroatoms. The number of amides is 2. The first kappa shape index (κ1) is 15.9. The van der Waals surface area contributed by atoms with Gasteiger partial charge in [-0.3, -0.25) is 14.6 Å². The predicted molar refractivity (Wildman–Crippen MR) is 77.4 cm³/mol. The highest BCUT2D eigenvalue weighted by Crippen LogP contribution is 2.25. The Morgan fingerprint density at radius 1 is 1.45 bits per heavy atom. The molecular formula is C11H18N6O2S. The first-order valence-corrected chi connectivity index (χ1v) is 6.86. The molecule has 0 saturated heterocycles. The van der Waals surface area contributed by atoms with E-state index in [9.17, 15) is 9.59 Å². The molecule has 110 valence electrons. The van der Waals surface area contributed by atoms with Crippen LogP contribution in [0.5, 0.6) is 0 Å². The number of carbonyl (C=O) groups excluding carboxylic acids is 2. The number of thiazole rings is 1. The number of hydrogen-bond donors (Lipinski definition) is 4. The summed E-state index contributed by atoms with van der Waals surface area (Å²) in [5.41, 5.74) is 15.8. The molecule has 20 heavy (non-hydrogen) atoms. The van der Waals surface area contributed by atoms with Crippen LogP contribution in [0.15, 0.2) is 10.4 Å². The molecular weight excluding hydrogens is 280 g/mol. The summed E-state index contributed by atoms with van der Waals surface area (Å²) >= 11 is 1.24. The van der Waals surface area contributed by atoms with E-state index in [2.05, 4.69) is 15.3 Å². The van der Waals surface area contributed by atoms with Crippen LogP contribution >= 0.6 is 11.3 Å². The molecule has 0 bridgehead atoms. The molecule has 1 rings (SSSR count). The zero-order valence-corrected chi connectivity index (χ0v) is 11.9. The van der Waals surface area contributed by atoms with Gasteiger partial charge < -0.3 is 22.5 Å². The zero-order chi connectivity index (χ0) is 15.1. The van der Waals surface area contributed by atoms with Gasteiger partial charge in [0.1, 0.15) is 10.7 Å². The molecule has 0 spiro atoms. The van der Waals surface area contributed by atoms with E-state index in [0.717, 1.165) is 0 Å². The fourth-order valence-electron chi connectivity index (χ4n) is 1.61. The van der Waals surface area contributed by atoms with Gasteiger partial charge in [-0.25, -0.2) is 4.98 Å². The second-order valence-corrected chi connectivity index (χ2v) is 4.94. The maximum Gasteiger partial charge on any atom is 0.268 e. The van der Waals surface area contributed by atoms with E-state index in [4.69, 9.17) is 17.2 Å². The highest BCUT2D eigenvalue weighted by atomic mass is 32.1. The predicted octanol–water partition coefficient (Wildman–Crippen LogP) is -0.875. The molecule has 1 heterocycles. The largest absolute Gasteiger partial charge is 0.370 e. The van der Waals surface area contributed by atoms with Crippen LogP contribution in [0.3, 0.4) is 0 Å². The number of nitrogens with two attached hydrogens (primary N) is 3. The SMILES string of the molecule is CNC(=O)[C@H](CCCN=C(N)N)c1nc(C(N)=O)cs1. The molecule has 1 aromatic rings. The van der Waals surface area contributed by atoms with Crippen molar-refractivity contribution in [1.29, 1.82) is 0 Å². The minimum Gasteiger partial charge on any atom is -0.370 e. The van der Waals surface area contributed by atoms with Crippen LogP contribution in [-0.4, -0.2) is 36.4 Å². The molecule has 0 aliphatic heterocycles. The Kier molecular flexibility index (Phi) is 5.91. The monoisotopic (exact) mass is 298 g/mol. The van der Waals surface area contributed by atoms with Crippen molar-refractivity contribution in [3.05, 3.63) is 16.1 Å². The van der Waals surface area contributed by atoms with E-state index in [0.29, 0.717) is 24.4 Å². The van der Waals surface area contributed by atoms with Gasteiger partial charge in [-0.1, -0.05) is 0 Å². The van der Waals surface area contributed by atoms with E-state index in [1.807, 2.05) is 0 Å². The summed E-state index contributed by atoms with van der Waals surface area (Å²) in [4.78, 5) is 30.9. The molecule has 7 N–H and O–H groups in total. The number of guanidine groups is 1. The topological polar surface area (TPSA) is 149 Å². The van der Waals surface area contributed by atoms with Gasteiger partial charge in [0.25, 0.3) is 5.91 Å². The second-order valence-electron chi connectivity index (χ2n) is 4.05. The Hall–Kier alpha value is -2.16. The summed E-state index contributed by atoms with van der Waals surface area (Å²) in [6.45, 7) is 0.434. The third-order valence-corrected chi connectivity index (χ3v) is 3.54. The number of aliphatic imine (C=N–C) groups is 1. The first-order chi connectivity index (χ1) is 9.45. The Labute approximate surface area is 120 Å². The Morgan fingerprint density at radius 3 is 2.65 bits per heavy atom. The normalized spacial score (nSPS) is 11.7. The van der Waals surface area contributed by atoms with Crippen LogP contribution in [0, 0.1) is 0 Å². The summed E-state index contributed by atoms with van der Waals surface area (Å²) in [5.74, 6) is -1.19. The van der Waals surface area contributed by atoms with Gasteiger partial charge in [0, 0.05) is 19.0 Å². The van der Waals surface area contributed by atoms with Crippen LogP contribution in [0.2, 0.25) is 0 Å². The Morgan fingerprint density at radius 2 is 2.15 bits per heavy atom. The third-order valence-electron chi connectivity index (χ3n) is 2.58. The lowest BCUT2D eigenvalue weighted by molar-refractivity contribution is -0.122. The number of hydrogen-bond acceptors (Lipinski definition) is 5. The van der Waals surface area contributed by atoms with Crippen LogP contribution in [-0.2, 0) is 4.79 Å². The van der Waals surface area contributed by atoms with Gasteiger partial charge in [-0.15, -0.1) is 11.3 Å². The fraction of sp³-hybridized carbons (Fsp3) is 0.455. The number of nitrogens with zero attached hydrogens (tertiary/aromatic N) is 2.